The zero-order valence-corrected chi connectivity index (χ0v) is 15.2. The molecule has 142 valence electrons. The number of likely N-dealkylation sites (N-methyl/N-ethyl adjacent to an activating group) is 1. The summed E-state index contributed by atoms with van der Waals surface area (Å²) < 4.78 is 27.4. The van der Waals surface area contributed by atoms with Gasteiger partial charge in [-0.15, -0.1) is 0 Å². The molecule has 0 unspecified atom stereocenters. The number of likely N-dealkylation sites (tertiary alicyclic amines) is 1. The first-order valence-electron chi connectivity index (χ1n) is 8.94. The van der Waals surface area contributed by atoms with Crippen LogP contribution in [0.4, 0.5) is 14.5 Å². The van der Waals surface area contributed by atoms with E-state index in [4.69, 9.17) is 0 Å². The van der Waals surface area contributed by atoms with E-state index in [-0.39, 0.29) is 17.5 Å². The number of amides is 2. The zero-order valence-electron chi connectivity index (χ0n) is 15.2. The third-order valence-electron chi connectivity index (χ3n) is 5.21. The fourth-order valence-electron chi connectivity index (χ4n) is 3.74. The highest BCUT2D eigenvalue weighted by Gasteiger charge is 2.44. The molecule has 1 fully saturated rings. The molecule has 4 rings (SSSR count). The monoisotopic (exact) mass is 380 g/mol. The van der Waals surface area contributed by atoms with Crippen molar-refractivity contribution >= 4 is 28.3 Å². The first kappa shape index (κ1) is 18.1. The molecule has 0 spiro atoms. The number of benzene rings is 3. The summed E-state index contributed by atoms with van der Waals surface area (Å²) in [7, 11) is 1.63. The molecule has 1 N–H and O–H groups in total. The van der Waals surface area contributed by atoms with E-state index >= 15 is 0 Å². The summed E-state index contributed by atoms with van der Waals surface area (Å²) in [6, 6.07) is 17.2. The van der Waals surface area contributed by atoms with Crippen LogP contribution in [0, 0.1) is 17.6 Å². The molecule has 0 bridgehead atoms. The van der Waals surface area contributed by atoms with Crippen LogP contribution in [0.2, 0.25) is 0 Å². The fourth-order valence-corrected chi connectivity index (χ4v) is 3.74. The van der Waals surface area contributed by atoms with E-state index in [2.05, 4.69) is 5.32 Å². The standard InChI is InChI=1S/C22H18F2N2O2/c1-26-12-16(15-10-9-13-5-2-3-6-14(13)11-15)19(22(26)28)21(27)25-18-8-4-7-17(23)20(18)24/h2-11,16,19H,12H2,1H3,(H,25,27)/t16-,19+/m1/s1. The van der Waals surface area contributed by atoms with Crippen molar-refractivity contribution < 1.29 is 18.4 Å². The van der Waals surface area contributed by atoms with Crippen molar-refractivity contribution in [3.63, 3.8) is 0 Å². The van der Waals surface area contributed by atoms with E-state index < -0.39 is 23.5 Å². The number of rotatable bonds is 3. The molecular formula is C22H18F2N2O2. The Labute approximate surface area is 160 Å². The Morgan fingerprint density at radius 3 is 2.57 bits per heavy atom. The highest BCUT2D eigenvalue weighted by atomic mass is 19.2. The van der Waals surface area contributed by atoms with E-state index in [0.29, 0.717) is 6.54 Å². The van der Waals surface area contributed by atoms with Crippen LogP contribution in [0.3, 0.4) is 0 Å². The van der Waals surface area contributed by atoms with Crippen LogP contribution >= 0.6 is 0 Å². The molecule has 3 aromatic rings. The van der Waals surface area contributed by atoms with Crippen molar-refractivity contribution in [2.24, 2.45) is 5.92 Å². The first-order chi connectivity index (χ1) is 13.5. The summed E-state index contributed by atoms with van der Waals surface area (Å²) in [5.74, 6) is -4.56. The summed E-state index contributed by atoms with van der Waals surface area (Å²) >= 11 is 0. The number of carbonyl (C=O) groups excluding carboxylic acids is 2. The lowest BCUT2D eigenvalue weighted by atomic mass is 9.87. The van der Waals surface area contributed by atoms with Gasteiger partial charge in [-0.3, -0.25) is 9.59 Å². The Morgan fingerprint density at radius 2 is 1.79 bits per heavy atom. The fraction of sp³-hybridized carbons (Fsp3) is 0.182. The van der Waals surface area contributed by atoms with Crippen molar-refractivity contribution in [1.82, 2.24) is 4.90 Å². The number of hydrogen-bond acceptors (Lipinski definition) is 2. The molecular weight excluding hydrogens is 362 g/mol. The van der Waals surface area contributed by atoms with Gasteiger partial charge < -0.3 is 10.2 Å². The van der Waals surface area contributed by atoms with E-state index in [1.807, 2.05) is 42.5 Å². The predicted molar refractivity (Wildman–Crippen MR) is 103 cm³/mol. The largest absolute Gasteiger partial charge is 0.344 e. The summed E-state index contributed by atoms with van der Waals surface area (Å²) in [4.78, 5) is 27.0. The van der Waals surface area contributed by atoms with Gasteiger partial charge >= 0.3 is 0 Å². The van der Waals surface area contributed by atoms with Gasteiger partial charge in [0, 0.05) is 19.5 Å². The summed E-state index contributed by atoms with van der Waals surface area (Å²) in [6.07, 6.45) is 0. The molecule has 2 atom stereocenters. The van der Waals surface area contributed by atoms with Gasteiger partial charge in [0.2, 0.25) is 11.8 Å². The zero-order chi connectivity index (χ0) is 19.8. The minimum atomic E-state index is -1.14. The molecule has 4 nitrogen and oxygen atoms in total. The van der Waals surface area contributed by atoms with Crippen LogP contribution in [-0.2, 0) is 9.59 Å². The van der Waals surface area contributed by atoms with Crippen LogP contribution in [0.25, 0.3) is 10.8 Å². The average molecular weight is 380 g/mol. The SMILES string of the molecule is CN1C[C@H](c2ccc3ccccc3c2)[C@@H](C(=O)Nc2cccc(F)c2F)C1=O. The maximum absolute atomic E-state index is 13.9. The number of carbonyl (C=O) groups is 2. The average Bonchev–Trinajstić information content (AvgIpc) is 3.00. The van der Waals surface area contributed by atoms with Gasteiger partial charge in [0.15, 0.2) is 11.6 Å². The second-order valence-corrected chi connectivity index (χ2v) is 7.00. The Balaban J connectivity index is 1.67. The molecule has 1 saturated heterocycles. The molecule has 0 saturated carbocycles. The number of hydrogen-bond donors (Lipinski definition) is 1. The first-order valence-corrected chi connectivity index (χ1v) is 8.94. The van der Waals surface area contributed by atoms with E-state index in [1.165, 1.54) is 17.0 Å². The summed E-state index contributed by atoms with van der Waals surface area (Å²) in [5, 5.41) is 4.45. The second kappa shape index (κ2) is 7.03. The van der Waals surface area contributed by atoms with Crippen LogP contribution in [0.15, 0.2) is 60.7 Å². The van der Waals surface area contributed by atoms with Crippen LogP contribution in [-0.4, -0.2) is 30.3 Å². The van der Waals surface area contributed by atoms with Gasteiger partial charge in [-0.25, -0.2) is 8.78 Å². The lowest BCUT2D eigenvalue weighted by Gasteiger charge is -2.18. The molecule has 0 aromatic heterocycles. The van der Waals surface area contributed by atoms with E-state index in [9.17, 15) is 18.4 Å². The highest BCUT2D eigenvalue weighted by Crippen LogP contribution is 2.35. The lowest BCUT2D eigenvalue weighted by Crippen LogP contribution is -2.33. The quantitative estimate of drug-likeness (QED) is 0.700. The minimum absolute atomic E-state index is 0.274. The Hall–Kier alpha value is -3.28. The van der Waals surface area contributed by atoms with Gasteiger partial charge in [-0.05, 0) is 28.5 Å². The maximum Gasteiger partial charge on any atom is 0.237 e. The van der Waals surface area contributed by atoms with Gasteiger partial charge in [-0.2, -0.15) is 0 Å². The number of nitrogens with zero attached hydrogens (tertiary/aromatic N) is 1. The normalized spacial score (nSPS) is 19.2. The van der Waals surface area contributed by atoms with E-state index in [0.717, 1.165) is 22.4 Å². The molecule has 0 radical (unpaired) electrons. The molecule has 2 amide bonds. The Morgan fingerprint density at radius 1 is 1.04 bits per heavy atom. The third kappa shape index (κ3) is 3.11. The molecule has 1 heterocycles. The Bertz CT molecular complexity index is 1080. The maximum atomic E-state index is 13.9. The van der Waals surface area contributed by atoms with Crippen molar-refractivity contribution in [3.8, 4) is 0 Å². The molecule has 0 aliphatic carbocycles. The number of anilines is 1. The van der Waals surface area contributed by atoms with Crippen LogP contribution in [0.1, 0.15) is 11.5 Å². The molecule has 6 heteroatoms. The Kier molecular flexibility index (Phi) is 4.55. The topological polar surface area (TPSA) is 49.4 Å². The van der Waals surface area contributed by atoms with Gasteiger partial charge in [-0.1, -0.05) is 48.5 Å². The van der Waals surface area contributed by atoms with Crippen LogP contribution < -0.4 is 5.32 Å². The minimum Gasteiger partial charge on any atom is -0.344 e. The summed E-state index contributed by atoms with van der Waals surface area (Å²) in [6.45, 7) is 0.376. The van der Waals surface area contributed by atoms with Gasteiger partial charge in [0.1, 0.15) is 5.92 Å². The van der Waals surface area contributed by atoms with Crippen molar-refractivity contribution in [2.45, 2.75) is 5.92 Å². The van der Waals surface area contributed by atoms with Crippen LogP contribution in [0.5, 0.6) is 0 Å². The number of fused-ring (bicyclic) bond motifs is 1. The number of nitrogens with one attached hydrogen (secondary N) is 1. The molecule has 1 aliphatic rings. The molecule has 3 aromatic carbocycles. The molecule has 28 heavy (non-hydrogen) atoms. The van der Waals surface area contributed by atoms with Crippen molar-refractivity contribution in [2.75, 3.05) is 18.9 Å². The van der Waals surface area contributed by atoms with E-state index in [1.54, 1.807) is 7.05 Å². The van der Waals surface area contributed by atoms with Crippen molar-refractivity contribution in [3.05, 3.63) is 77.9 Å². The smallest absolute Gasteiger partial charge is 0.237 e. The van der Waals surface area contributed by atoms with Gasteiger partial charge in [0.25, 0.3) is 0 Å². The number of halogens is 2. The third-order valence-corrected chi connectivity index (χ3v) is 5.21. The molecule has 1 aliphatic heterocycles. The van der Waals surface area contributed by atoms with Crippen molar-refractivity contribution in [1.29, 1.82) is 0 Å². The second-order valence-electron chi connectivity index (χ2n) is 7.00. The lowest BCUT2D eigenvalue weighted by molar-refractivity contribution is -0.135. The van der Waals surface area contributed by atoms with Gasteiger partial charge in [0.05, 0.1) is 5.69 Å². The summed E-state index contributed by atoms with van der Waals surface area (Å²) in [5.41, 5.74) is 0.584. The highest BCUT2D eigenvalue weighted by molar-refractivity contribution is 6.08. The predicted octanol–water partition coefficient (Wildman–Crippen LogP) is 3.93.